The van der Waals surface area contributed by atoms with E-state index in [-0.39, 0.29) is 0 Å². The maximum absolute atomic E-state index is 5.83. The number of hydrogen-bond donors (Lipinski definition) is 1. The Morgan fingerprint density at radius 3 is 3.00 bits per heavy atom. The molecule has 2 aromatic heterocycles. The predicted octanol–water partition coefficient (Wildman–Crippen LogP) is 3.14. The molecule has 2 aromatic rings. The van der Waals surface area contributed by atoms with Gasteiger partial charge in [0.25, 0.3) is 0 Å². The zero-order valence-electron chi connectivity index (χ0n) is 10.1. The molecule has 0 atom stereocenters. The molecule has 5 heteroatoms. The van der Waals surface area contributed by atoms with Crippen LogP contribution < -0.4 is 10.1 Å². The minimum atomic E-state index is 0.461. The lowest BCUT2D eigenvalue weighted by atomic mass is 10.3. The Morgan fingerprint density at radius 2 is 2.22 bits per heavy atom. The number of halogens is 1. The highest BCUT2D eigenvalue weighted by molar-refractivity contribution is 6.30. The van der Waals surface area contributed by atoms with Crippen LogP contribution in [-0.2, 0) is 6.61 Å². The van der Waals surface area contributed by atoms with E-state index in [2.05, 4.69) is 15.3 Å². The average Bonchev–Trinajstić information content (AvgIpc) is 2.37. The molecule has 0 radical (unpaired) electrons. The molecule has 2 rings (SSSR count). The fraction of sp³-hybridized carbons (Fsp3) is 0.231. The molecule has 4 nitrogen and oxygen atoms in total. The van der Waals surface area contributed by atoms with E-state index in [1.807, 2.05) is 19.1 Å². The van der Waals surface area contributed by atoms with Gasteiger partial charge in [0.2, 0.25) is 0 Å². The normalized spacial score (nSPS) is 10.1. The maximum Gasteiger partial charge on any atom is 0.139 e. The summed E-state index contributed by atoms with van der Waals surface area (Å²) in [5.74, 6) is 1.51. The summed E-state index contributed by atoms with van der Waals surface area (Å²) >= 11 is 5.83. The van der Waals surface area contributed by atoms with E-state index in [0.29, 0.717) is 17.4 Å². The van der Waals surface area contributed by atoms with Crippen LogP contribution in [0.15, 0.2) is 36.8 Å². The van der Waals surface area contributed by atoms with Gasteiger partial charge in [-0.3, -0.25) is 4.98 Å². The van der Waals surface area contributed by atoms with Crippen molar-refractivity contribution >= 4 is 17.4 Å². The van der Waals surface area contributed by atoms with Crippen molar-refractivity contribution in [3.05, 3.63) is 47.4 Å². The van der Waals surface area contributed by atoms with E-state index in [4.69, 9.17) is 16.3 Å². The highest BCUT2D eigenvalue weighted by Crippen LogP contribution is 2.17. The van der Waals surface area contributed by atoms with Crippen LogP contribution in [0.2, 0.25) is 5.02 Å². The third-order valence-corrected chi connectivity index (χ3v) is 2.47. The van der Waals surface area contributed by atoms with Crippen molar-refractivity contribution in [1.82, 2.24) is 9.97 Å². The molecule has 0 saturated heterocycles. The van der Waals surface area contributed by atoms with Gasteiger partial charge in [0, 0.05) is 25.0 Å². The molecule has 0 spiro atoms. The van der Waals surface area contributed by atoms with Crippen molar-refractivity contribution in [2.45, 2.75) is 13.5 Å². The summed E-state index contributed by atoms with van der Waals surface area (Å²) in [7, 11) is 0. The number of aromatic nitrogens is 2. The fourth-order valence-corrected chi connectivity index (χ4v) is 1.64. The van der Waals surface area contributed by atoms with Gasteiger partial charge < -0.3 is 10.1 Å². The number of hydrogen-bond acceptors (Lipinski definition) is 4. The Hall–Kier alpha value is -1.81. The quantitative estimate of drug-likeness (QED) is 0.900. The monoisotopic (exact) mass is 263 g/mol. The fourth-order valence-electron chi connectivity index (χ4n) is 1.48. The largest absolute Gasteiger partial charge is 0.487 e. The number of anilines is 1. The van der Waals surface area contributed by atoms with Gasteiger partial charge in [-0.15, -0.1) is 0 Å². The van der Waals surface area contributed by atoms with Crippen LogP contribution in [0.3, 0.4) is 0 Å². The van der Waals surface area contributed by atoms with Crippen molar-refractivity contribution in [3.63, 3.8) is 0 Å². The number of ether oxygens (including phenoxy) is 1. The molecule has 0 fully saturated rings. The zero-order valence-corrected chi connectivity index (χ0v) is 10.8. The Labute approximate surface area is 111 Å². The van der Waals surface area contributed by atoms with Crippen molar-refractivity contribution < 1.29 is 4.74 Å². The van der Waals surface area contributed by atoms with Crippen LogP contribution in [0, 0.1) is 0 Å². The molecule has 0 aliphatic rings. The summed E-state index contributed by atoms with van der Waals surface area (Å²) in [6.07, 6.45) is 4.97. The van der Waals surface area contributed by atoms with Crippen molar-refractivity contribution in [3.8, 4) is 5.75 Å². The number of rotatable bonds is 5. The second-order valence-electron chi connectivity index (χ2n) is 3.71. The molecular weight excluding hydrogens is 250 g/mol. The van der Waals surface area contributed by atoms with Gasteiger partial charge in [0.05, 0.1) is 11.2 Å². The van der Waals surface area contributed by atoms with Gasteiger partial charge in [0.15, 0.2) is 0 Å². The molecule has 0 bridgehead atoms. The lowest BCUT2D eigenvalue weighted by Gasteiger charge is -2.07. The van der Waals surface area contributed by atoms with E-state index in [1.54, 1.807) is 24.7 Å². The smallest absolute Gasteiger partial charge is 0.139 e. The summed E-state index contributed by atoms with van der Waals surface area (Å²) in [5.41, 5.74) is 1.04. The first kappa shape index (κ1) is 12.6. The van der Waals surface area contributed by atoms with Gasteiger partial charge in [-0.2, -0.15) is 0 Å². The minimum Gasteiger partial charge on any atom is -0.487 e. The zero-order chi connectivity index (χ0) is 12.8. The van der Waals surface area contributed by atoms with Crippen LogP contribution in [0.25, 0.3) is 0 Å². The molecule has 0 aliphatic carbocycles. The number of nitrogens with one attached hydrogen (secondary N) is 1. The first-order chi connectivity index (χ1) is 8.78. The molecule has 2 heterocycles. The van der Waals surface area contributed by atoms with Gasteiger partial charge in [-0.1, -0.05) is 11.6 Å². The van der Waals surface area contributed by atoms with Gasteiger partial charge in [-0.05, 0) is 24.6 Å². The summed E-state index contributed by atoms with van der Waals surface area (Å²) in [4.78, 5) is 8.16. The predicted molar refractivity (Wildman–Crippen MR) is 72.0 cm³/mol. The third-order valence-electron chi connectivity index (χ3n) is 2.27. The highest BCUT2D eigenvalue weighted by Gasteiger charge is 1.99. The van der Waals surface area contributed by atoms with Gasteiger partial charge in [-0.25, -0.2) is 4.98 Å². The SMILES string of the molecule is CCNc1cc(COc2cncc(Cl)c2)ccn1. The molecule has 0 aliphatic heterocycles. The second kappa shape index (κ2) is 6.21. The molecule has 0 aromatic carbocycles. The van der Waals surface area contributed by atoms with Gasteiger partial charge >= 0.3 is 0 Å². The molecular formula is C13H14ClN3O. The van der Waals surface area contributed by atoms with Crippen LogP contribution in [0.5, 0.6) is 5.75 Å². The molecule has 94 valence electrons. The first-order valence-corrected chi connectivity index (χ1v) is 6.08. The molecule has 0 unspecified atom stereocenters. The van der Waals surface area contributed by atoms with Gasteiger partial charge in [0.1, 0.15) is 18.2 Å². The summed E-state index contributed by atoms with van der Waals surface area (Å²) in [6.45, 7) is 3.33. The van der Waals surface area contributed by atoms with Crippen molar-refractivity contribution in [1.29, 1.82) is 0 Å². The first-order valence-electron chi connectivity index (χ1n) is 5.70. The van der Waals surface area contributed by atoms with E-state index in [0.717, 1.165) is 17.9 Å². The number of nitrogens with zero attached hydrogens (tertiary/aromatic N) is 2. The van der Waals surface area contributed by atoms with E-state index < -0.39 is 0 Å². The van der Waals surface area contributed by atoms with E-state index in [1.165, 1.54) is 0 Å². The minimum absolute atomic E-state index is 0.461. The molecule has 18 heavy (non-hydrogen) atoms. The van der Waals surface area contributed by atoms with Crippen LogP contribution in [-0.4, -0.2) is 16.5 Å². The molecule has 0 amide bonds. The van der Waals surface area contributed by atoms with E-state index in [9.17, 15) is 0 Å². The third kappa shape index (κ3) is 3.60. The van der Waals surface area contributed by atoms with Crippen molar-refractivity contribution in [2.24, 2.45) is 0 Å². The average molecular weight is 264 g/mol. The Kier molecular flexibility index (Phi) is 4.36. The van der Waals surface area contributed by atoms with Crippen LogP contribution in [0.4, 0.5) is 5.82 Å². The standard InChI is InChI=1S/C13H14ClN3O/c1-2-16-13-5-10(3-4-17-13)9-18-12-6-11(14)7-15-8-12/h3-8H,2,9H2,1H3,(H,16,17). The molecule has 1 N–H and O–H groups in total. The lowest BCUT2D eigenvalue weighted by Crippen LogP contribution is -2.01. The summed E-state index contributed by atoms with van der Waals surface area (Å²) in [6, 6.07) is 5.61. The second-order valence-corrected chi connectivity index (χ2v) is 4.14. The Bertz CT molecular complexity index is 519. The maximum atomic E-state index is 5.83. The Balaban J connectivity index is 1.99. The lowest BCUT2D eigenvalue weighted by molar-refractivity contribution is 0.305. The van der Waals surface area contributed by atoms with Crippen molar-refractivity contribution in [2.75, 3.05) is 11.9 Å². The Morgan fingerprint density at radius 1 is 1.33 bits per heavy atom. The van der Waals surface area contributed by atoms with Crippen LogP contribution in [0.1, 0.15) is 12.5 Å². The number of pyridine rings is 2. The highest BCUT2D eigenvalue weighted by atomic mass is 35.5. The molecule has 0 saturated carbocycles. The summed E-state index contributed by atoms with van der Waals surface area (Å²) in [5, 5.41) is 3.72. The van der Waals surface area contributed by atoms with E-state index >= 15 is 0 Å². The topological polar surface area (TPSA) is 47.0 Å². The summed E-state index contributed by atoms with van der Waals surface area (Å²) < 4.78 is 5.60. The van der Waals surface area contributed by atoms with Crippen LogP contribution >= 0.6 is 11.6 Å².